The van der Waals surface area contributed by atoms with Gasteiger partial charge in [0, 0.05) is 16.7 Å². The molecule has 0 spiro atoms. The van der Waals surface area contributed by atoms with Crippen molar-refractivity contribution in [2.24, 2.45) is 4.99 Å². The fourth-order valence-electron chi connectivity index (χ4n) is 1.62. The van der Waals surface area contributed by atoms with Crippen molar-refractivity contribution in [3.8, 4) is 0 Å². The average molecular weight is 428 g/mol. The van der Waals surface area contributed by atoms with Gasteiger partial charge in [0.15, 0.2) is 0 Å². The summed E-state index contributed by atoms with van der Waals surface area (Å²) in [6, 6.07) is 0. The third-order valence-electron chi connectivity index (χ3n) is 2.62. The first-order valence-electron chi connectivity index (χ1n) is 6.26. The van der Waals surface area contributed by atoms with E-state index in [1.807, 2.05) is 6.08 Å². The summed E-state index contributed by atoms with van der Waals surface area (Å²) in [5, 5.41) is 2.97. The summed E-state index contributed by atoms with van der Waals surface area (Å²) in [6.45, 7) is 4.07. The SMILES string of the molecule is CC/C=C(Br)/C(=C(/Br)N=C(C)C1=CCNC=C1)C(F)(F)F. The predicted octanol–water partition coefficient (Wildman–Crippen LogP) is 5.35. The number of allylic oxidation sites excluding steroid dienone is 5. The van der Waals surface area contributed by atoms with Crippen molar-refractivity contribution in [2.75, 3.05) is 6.54 Å². The molecule has 21 heavy (non-hydrogen) atoms. The van der Waals surface area contributed by atoms with Crippen molar-refractivity contribution < 1.29 is 13.2 Å². The van der Waals surface area contributed by atoms with E-state index in [9.17, 15) is 13.2 Å². The summed E-state index contributed by atoms with van der Waals surface area (Å²) >= 11 is 5.92. The van der Waals surface area contributed by atoms with Crippen molar-refractivity contribution in [2.45, 2.75) is 26.4 Å². The normalized spacial score (nSPS) is 18.1. The zero-order valence-corrected chi connectivity index (χ0v) is 14.7. The van der Waals surface area contributed by atoms with Crippen LogP contribution in [0.3, 0.4) is 0 Å². The Morgan fingerprint density at radius 3 is 2.57 bits per heavy atom. The molecular formula is C14H15Br2F3N2. The Labute approximate surface area is 138 Å². The van der Waals surface area contributed by atoms with Gasteiger partial charge in [0.2, 0.25) is 0 Å². The van der Waals surface area contributed by atoms with Gasteiger partial charge >= 0.3 is 6.18 Å². The quantitative estimate of drug-likeness (QED) is 0.365. The highest BCUT2D eigenvalue weighted by atomic mass is 79.9. The summed E-state index contributed by atoms with van der Waals surface area (Å²) in [7, 11) is 0. The fourth-order valence-corrected chi connectivity index (χ4v) is 3.33. The maximum Gasteiger partial charge on any atom is 0.420 e. The minimum atomic E-state index is -4.49. The number of alkyl halides is 3. The fraction of sp³-hybridized carbons (Fsp3) is 0.357. The van der Waals surface area contributed by atoms with Crippen LogP contribution in [0.1, 0.15) is 20.3 Å². The van der Waals surface area contributed by atoms with E-state index in [4.69, 9.17) is 0 Å². The third kappa shape index (κ3) is 5.47. The van der Waals surface area contributed by atoms with Gasteiger partial charge in [0.05, 0.1) is 0 Å². The highest BCUT2D eigenvalue weighted by Gasteiger charge is 2.38. The number of aliphatic imine (C=N–C) groups is 1. The van der Waals surface area contributed by atoms with Crippen LogP contribution in [0.4, 0.5) is 13.2 Å². The molecule has 116 valence electrons. The molecule has 1 heterocycles. The van der Waals surface area contributed by atoms with Crippen LogP contribution in [0, 0.1) is 0 Å². The number of dihydropyridines is 1. The van der Waals surface area contributed by atoms with Gasteiger partial charge in [-0.3, -0.25) is 0 Å². The predicted molar refractivity (Wildman–Crippen MR) is 87.6 cm³/mol. The Morgan fingerprint density at radius 1 is 1.43 bits per heavy atom. The smallest absolute Gasteiger partial charge is 0.387 e. The molecule has 0 fully saturated rings. The molecule has 1 aliphatic heterocycles. The maximum atomic E-state index is 13.2. The molecule has 0 bridgehead atoms. The standard InChI is InChI=1S/C14H15Br2F3N2/c1-3-4-11(15)12(14(17,18)19)13(16)21-9(2)10-5-7-20-8-6-10/h4-7,20H,3,8H2,1-2H3/b11-4-,13-12+,21-9?. The van der Waals surface area contributed by atoms with E-state index in [2.05, 4.69) is 42.2 Å². The molecule has 0 amide bonds. The topological polar surface area (TPSA) is 24.4 Å². The number of hydrogen-bond acceptors (Lipinski definition) is 2. The molecular weight excluding hydrogens is 413 g/mol. The molecule has 0 saturated heterocycles. The second kappa shape index (κ2) is 7.98. The summed E-state index contributed by atoms with van der Waals surface area (Å²) in [6.07, 6.45) is 2.83. The minimum Gasteiger partial charge on any atom is -0.387 e. The zero-order chi connectivity index (χ0) is 16.0. The van der Waals surface area contributed by atoms with Crippen molar-refractivity contribution in [1.82, 2.24) is 5.32 Å². The van der Waals surface area contributed by atoms with Gasteiger partial charge in [0.1, 0.15) is 10.2 Å². The Kier molecular flexibility index (Phi) is 6.93. The van der Waals surface area contributed by atoms with Crippen LogP contribution in [0.5, 0.6) is 0 Å². The molecule has 7 heteroatoms. The lowest BCUT2D eigenvalue weighted by atomic mass is 10.1. The van der Waals surface area contributed by atoms with Crippen molar-refractivity contribution >= 4 is 37.6 Å². The molecule has 2 nitrogen and oxygen atoms in total. The number of rotatable bonds is 4. The van der Waals surface area contributed by atoms with E-state index < -0.39 is 11.7 Å². The first-order chi connectivity index (χ1) is 9.77. The summed E-state index contributed by atoms with van der Waals surface area (Å²) in [5.41, 5.74) is 0.489. The Bertz CT molecular complexity index is 541. The van der Waals surface area contributed by atoms with Crippen molar-refractivity contribution in [3.63, 3.8) is 0 Å². The van der Waals surface area contributed by atoms with Crippen LogP contribution in [-0.4, -0.2) is 18.4 Å². The Balaban J connectivity index is 3.25. The van der Waals surface area contributed by atoms with Crippen LogP contribution < -0.4 is 5.32 Å². The van der Waals surface area contributed by atoms with E-state index >= 15 is 0 Å². The lowest BCUT2D eigenvalue weighted by molar-refractivity contribution is -0.0888. The second-order valence-electron chi connectivity index (χ2n) is 4.22. The van der Waals surface area contributed by atoms with Gasteiger partial charge in [-0.05, 0) is 47.1 Å². The molecule has 1 N–H and O–H groups in total. The van der Waals surface area contributed by atoms with Gasteiger partial charge < -0.3 is 5.32 Å². The molecule has 0 aliphatic carbocycles. The molecule has 0 unspecified atom stereocenters. The third-order valence-corrected chi connectivity index (χ3v) is 3.91. The van der Waals surface area contributed by atoms with Crippen LogP contribution in [0.2, 0.25) is 0 Å². The first kappa shape index (κ1) is 18.2. The van der Waals surface area contributed by atoms with E-state index in [0.29, 0.717) is 18.7 Å². The Morgan fingerprint density at radius 2 is 2.10 bits per heavy atom. The molecule has 1 rings (SSSR count). The van der Waals surface area contributed by atoms with Gasteiger partial charge in [-0.15, -0.1) is 0 Å². The summed E-state index contributed by atoms with van der Waals surface area (Å²) < 4.78 is 39.3. The minimum absolute atomic E-state index is 0.0178. The summed E-state index contributed by atoms with van der Waals surface area (Å²) in [4.78, 5) is 4.05. The number of halogens is 5. The zero-order valence-electron chi connectivity index (χ0n) is 11.6. The van der Waals surface area contributed by atoms with Crippen molar-refractivity contribution in [1.29, 1.82) is 0 Å². The van der Waals surface area contributed by atoms with E-state index in [1.54, 1.807) is 26.1 Å². The highest BCUT2D eigenvalue weighted by molar-refractivity contribution is 9.12. The molecule has 1 aliphatic rings. The first-order valence-corrected chi connectivity index (χ1v) is 7.84. The molecule has 0 radical (unpaired) electrons. The van der Waals surface area contributed by atoms with Crippen LogP contribution in [-0.2, 0) is 0 Å². The van der Waals surface area contributed by atoms with Crippen LogP contribution in [0.25, 0.3) is 0 Å². The molecule has 0 atom stereocenters. The van der Waals surface area contributed by atoms with Gasteiger partial charge in [-0.25, -0.2) is 4.99 Å². The lowest BCUT2D eigenvalue weighted by Gasteiger charge is -2.13. The molecule has 0 aromatic carbocycles. The van der Waals surface area contributed by atoms with E-state index in [-0.39, 0.29) is 9.09 Å². The maximum absolute atomic E-state index is 13.2. The molecule has 0 aromatic rings. The molecule has 0 saturated carbocycles. The number of nitrogens with one attached hydrogen (secondary N) is 1. The number of nitrogens with zero attached hydrogens (tertiary/aromatic N) is 1. The lowest BCUT2D eigenvalue weighted by Crippen LogP contribution is -2.14. The monoisotopic (exact) mass is 426 g/mol. The van der Waals surface area contributed by atoms with E-state index in [1.165, 1.54) is 6.08 Å². The number of hydrogen-bond donors (Lipinski definition) is 1. The van der Waals surface area contributed by atoms with Crippen LogP contribution in [0.15, 0.2) is 49.7 Å². The second-order valence-corrected chi connectivity index (χ2v) is 5.83. The average Bonchev–Trinajstić information content (AvgIpc) is 2.38. The highest BCUT2D eigenvalue weighted by Crippen LogP contribution is 2.39. The molecule has 0 aromatic heterocycles. The summed E-state index contributed by atoms with van der Waals surface area (Å²) in [5.74, 6) is 0. The Hall–Kier alpha value is -0.820. The van der Waals surface area contributed by atoms with Gasteiger partial charge in [-0.1, -0.05) is 35.0 Å². The van der Waals surface area contributed by atoms with Crippen molar-refractivity contribution in [3.05, 3.63) is 44.7 Å². The largest absolute Gasteiger partial charge is 0.420 e. The van der Waals surface area contributed by atoms with E-state index in [0.717, 1.165) is 5.57 Å². The van der Waals surface area contributed by atoms with Gasteiger partial charge in [0.25, 0.3) is 0 Å². The van der Waals surface area contributed by atoms with Crippen LogP contribution >= 0.6 is 31.9 Å². The van der Waals surface area contributed by atoms with Gasteiger partial charge in [-0.2, -0.15) is 13.2 Å².